The van der Waals surface area contributed by atoms with Crippen molar-refractivity contribution in [2.75, 3.05) is 6.61 Å². The van der Waals surface area contributed by atoms with E-state index in [1.807, 2.05) is 21.7 Å². The van der Waals surface area contributed by atoms with Crippen molar-refractivity contribution in [3.63, 3.8) is 0 Å². The average molecular weight is 280 g/mol. The summed E-state index contributed by atoms with van der Waals surface area (Å²) in [5.41, 5.74) is 0. The highest BCUT2D eigenvalue weighted by molar-refractivity contribution is 7.47. The minimum absolute atomic E-state index is 0.0969. The maximum atomic E-state index is 11.8. The van der Waals surface area contributed by atoms with Gasteiger partial charge in [0.1, 0.15) is 14.0 Å². The quantitative estimate of drug-likeness (QED) is 0.519. The molecule has 1 fully saturated rings. The number of aliphatic hydroxyl groups excluding tert-OH is 1. The molecule has 0 saturated carbocycles. The van der Waals surface area contributed by atoms with Crippen LogP contribution in [0.15, 0.2) is 0 Å². The minimum Gasteiger partial charge on any atom is -0.394 e. The molecule has 0 amide bonds. The lowest BCUT2D eigenvalue weighted by atomic mass is 9.96. The predicted molar refractivity (Wildman–Crippen MR) is 69.1 cm³/mol. The number of hydrogen-bond acceptors (Lipinski definition) is 5. The van der Waals surface area contributed by atoms with Crippen LogP contribution in [0.5, 0.6) is 0 Å². The van der Waals surface area contributed by atoms with Crippen LogP contribution in [-0.2, 0) is 18.3 Å². The number of rotatable bonds is 7. The van der Waals surface area contributed by atoms with Crippen molar-refractivity contribution >= 4 is 15.7 Å². The molecule has 2 N–H and O–H groups in total. The molecule has 0 spiro atoms. The first-order valence-electron chi connectivity index (χ1n) is 6.37. The molecule has 1 saturated heterocycles. The summed E-state index contributed by atoms with van der Waals surface area (Å²) < 4.78 is 27.4. The van der Waals surface area contributed by atoms with E-state index in [4.69, 9.17) is 18.9 Å². The molecule has 0 aliphatic carbocycles. The summed E-state index contributed by atoms with van der Waals surface area (Å²) in [6, 6.07) is -0.0969. The van der Waals surface area contributed by atoms with Gasteiger partial charge in [0.05, 0.1) is 18.8 Å². The second-order valence-corrected chi connectivity index (χ2v) is 5.92. The number of phosphoric acid groups is 1. The van der Waals surface area contributed by atoms with Crippen LogP contribution in [0.25, 0.3) is 0 Å². The zero-order valence-electron chi connectivity index (χ0n) is 11.1. The molecule has 0 aromatic rings. The highest BCUT2D eigenvalue weighted by Crippen LogP contribution is 2.48. The third kappa shape index (κ3) is 4.65. The third-order valence-corrected chi connectivity index (χ3v) is 4.13. The van der Waals surface area contributed by atoms with Crippen LogP contribution in [0.4, 0.5) is 0 Å². The van der Waals surface area contributed by atoms with Gasteiger partial charge in [-0.1, -0.05) is 13.8 Å². The van der Waals surface area contributed by atoms with E-state index in [1.54, 1.807) is 0 Å². The second kappa shape index (κ2) is 7.03. The van der Waals surface area contributed by atoms with Gasteiger partial charge < -0.3 is 14.7 Å². The Morgan fingerprint density at radius 1 is 1.50 bits per heavy atom. The standard InChI is InChI=1S/C10H22BO6P/c1-3-7(4-2)16-18(13,14)17-8-5-10(11)15-9(8)6-12/h7-10,12H,3-6,11H2,1-2H3,(H,13,14). The van der Waals surface area contributed by atoms with Gasteiger partial charge in [0.15, 0.2) is 0 Å². The maximum absolute atomic E-state index is 11.8. The summed E-state index contributed by atoms with van der Waals surface area (Å²) >= 11 is 0. The summed E-state index contributed by atoms with van der Waals surface area (Å²) in [5, 5.41) is 9.11. The van der Waals surface area contributed by atoms with E-state index in [1.165, 1.54) is 0 Å². The Morgan fingerprint density at radius 2 is 2.11 bits per heavy atom. The molecule has 4 atom stereocenters. The van der Waals surface area contributed by atoms with Crippen LogP contribution >= 0.6 is 7.82 Å². The van der Waals surface area contributed by atoms with Crippen molar-refractivity contribution in [1.82, 2.24) is 0 Å². The highest BCUT2D eigenvalue weighted by atomic mass is 31.2. The van der Waals surface area contributed by atoms with Gasteiger partial charge in [-0.25, -0.2) is 4.57 Å². The lowest BCUT2D eigenvalue weighted by Crippen LogP contribution is -2.27. The predicted octanol–water partition coefficient (Wildman–Crippen LogP) is 0.418. The van der Waals surface area contributed by atoms with Crippen molar-refractivity contribution in [1.29, 1.82) is 0 Å². The van der Waals surface area contributed by atoms with Gasteiger partial charge in [-0.2, -0.15) is 0 Å². The van der Waals surface area contributed by atoms with E-state index in [-0.39, 0.29) is 18.7 Å². The van der Waals surface area contributed by atoms with Crippen LogP contribution in [-0.4, -0.2) is 48.8 Å². The molecule has 1 aliphatic heterocycles. The molecular weight excluding hydrogens is 258 g/mol. The Hall–Kier alpha value is 0.0949. The van der Waals surface area contributed by atoms with Gasteiger partial charge in [0.2, 0.25) is 0 Å². The Kier molecular flexibility index (Phi) is 6.31. The van der Waals surface area contributed by atoms with E-state index < -0.39 is 20.0 Å². The summed E-state index contributed by atoms with van der Waals surface area (Å²) in [4.78, 5) is 9.68. The Bertz CT molecular complexity index is 298. The zero-order valence-corrected chi connectivity index (χ0v) is 12.0. The van der Waals surface area contributed by atoms with E-state index in [2.05, 4.69) is 0 Å². The molecule has 8 heteroatoms. The molecule has 106 valence electrons. The third-order valence-electron chi connectivity index (χ3n) is 3.03. The molecular formula is C10H22BO6P. The van der Waals surface area contributed by atoms with Crippen molar-refractivity contribution in [2.24, 2.45) is 0 Å². The molecule has 0 radical (unpaired) electrons. The van der Waals surface area contributed by atoms with E-state index in [9.17, 15) is 9.46 Å². The molecule has 0 aromatic heterocycles. The summed E-state index contributed by atoms with van der Waals surface area (Å²) in [7, 11) is -2.27. The van der Waals surface area contributed by atoms with Crippen LogP contribution in [0.1, 0.15) is 33.1 Å². The van der Waals surface area contributed by atoms with Gasteiger partial charge in [0.25, 0.3) is 0 Å². The molecule has 1 aliphatic rings. The number of hydrogen-bond donors (Lipinski definition) is 2. The van der Waals surface area contributed by atoms with Crippen molar-refractivity contribution < 1.29 is 28.3 Å². The summed E-state index contributed by atoms with van der Waals surface area (Å²) in [5.74, 6) is 0. The van der Waals surface area contributed by atoms with Crippen LogP contribution < -0.4 is 0 Å². The number of ether oxygens (including phenoxy) is 1. The van der Waals surface area contributed by atoms with Gasteiger partial charge >= 0.3 is 7.82 Å². The van der Waals surface area contributed by atoms with Gasteiger partial charge in [-0.3, -0.25) is 9.05 Å². The zero-order chi connectivity index (χ0) is 13.8. The molecule has 18 heavy (non-hydrogen) atoms. The van der Waals surface area contributed by atoms with Crippen molar-refractivity contribution in [3.8, 4) is 0 Å². The maximum Gasteiger partial charge on any atom is 0.472 e. The topological polar surface area (TPSA) is 85.2 Å². The number of phosphoric ester groups is 1. The van der Waals surface area contributed by atoms with E-state index in [0.717, 1.165) is 0 Å². The molecule has 0 aromatic carbocycles. The minimum atomic E-state index is -4.10. The van der Waals surface area contributed by atoms with E-state index in [0.29, 0.717) is 19.3 Å². The van der Waals surface area contributed by atoms with Crippen LogP contribution in [0.3, 0.4) is 0 Å². The Morgan fingerprint density at radius 3 is 2.61 bits per heavy atom. The fourth-order valence-electron chi connectivity index (χ4n) is 2.01. The molecule has 0 bridgehead atoms. The lowest BCUT2D eigenvalue weighted by molar-refractivity contribution is -0.0118. The molecule has 1 heterocycles. The normalized spacial score (nSPS) is 31.7. The fraction of sp³-hybridized carbons (Fsp3) is 1.00. The van der Waals surface area contributed by atoms with Gasteiger partial charge in [-0.15, -0.1) is 0 Å². The summed E-state index contributed by atoms with van der Waals surface area (Å²) in [6.07, 6.45) is 0.299. The first kappa shape index (κ1) is 16.2. The highest BCUT2D eigenvalue weighted by Gasteiger charge is 2.39. The number of aliphatic hydroxyl groups is 1. The van der Waals surface area contributed by atoms with Crippen LogP contribution in [0, 0.1) is 0 Å². The average Bonchev–Trinajstić information content (AvgIpc) is 2.65. The lowest BCUT2D eigenvalue weighted by Gasteiger charge is -2.23. The Labute approximate surface area is 109 Å². The van der Waals surface area contributed by atoms with Gasteiger partial charge in [0, 0.05) is 6.00 Å². The van der Waals surface area contributed by atoms with E-state index >= 15 is 0 Å². The smallest absolute Gasteiger partial charge is 0.394 e. The molecule has 6 nitrogen and oxygen atoms in total. The van der Waals surface area contributed by atoms with Crippen molar-refractivity contribution in [3.05, 3.63) is 0 Å². The Balaban J connectivity index is 2.56. The monoisotopic (exact) mass is 280 g/mol. The van der Waals surface area contributed by atoms with Gasteiger partial charge in [-0.05, 0) is 19.3 Å². The summed E-state index contributed by atoms with van der Waals surface area (Å²) in [6.45, 7) is 3.52. The fourth-order valence-corrected chi connectivity index (χ4v) is 3.30. The van der Waals surface area contributed by atoms with Crippen LogP contribution in [0.2, 0.25) is 0 Å². The van der Waals surface area contributed by atoms with Crippen molar-refractivity contribution in [2.45, 2.75) is 57.4 Å². The first-order chi connectivity index (χ1) is 8.41. The molecule has 4 unspecified atom stereocenters. The second-order valence-electron chi connectivity index (χ2n) is 4.56. The first-order valence-corrected chi connectivity index (χ1v) is 7.87. The largest absolute Gasteiger partial charge is 0.472 e. The molecule has 1 rings (SSSR count). The SMILES string of the molecule is BC1CC(OP(=O)(O)OC(CC)CC)C(CO)O1.